The number of carbonyl (C=O) groups is 2. The number of hydrogen-bond donors (Lipinski definition) is 2. The second kappa shape index (κ2) is 9.74. The summed E-state index contributed by atoms with van der Waals surface area (Å²) < 4.78 is 75.4. The number of amides is 3. The van der Waals surface area contributed by atoms with Gasteiger partial charge in [-0.25, -0.2) is 9.78 Å². The molecule has 2 aliphatic carbocycles. The zero-order valence-electron chi connectivity index (χ0n) is 21.3. The molecule has 7 nitrogen and oxygen atoms in total. The van der Waals surface area contributed by atoms with Crippen molar-refractivity contribution in [3.8, 4) is 0 Å². The van der Waals surface area contributed by atoms with Crippen molar-refractivity contribution in [3.63, 3.8) is 0 Å². The van der Waals surface area contributed by atoms with Gasteiger partial charge < -0.3 is 20.0 Å². The number of fused-ring (bicyclic) bond motifs is 1. The maximum absolute atomic E-state index is 15.1. The molecule has 0 radical (unpaired) electrons. The van der Waals surface area contributed by atoms with E-state index in [0.717, 1.165) is 30.6 Å². The summed E-state index contributed by atoms with van der Waals surface area (Å²) in [7, 11) is 0. The Kier molecular flexibility index (Phi) is 6.46. The van der Waals surface area contributed by atoms with Crippen molar-refractivity contribution in [2.45, 2.75) is 56.4 Å². The van der Waals surface area contributed by atoms with Gasteiger partial charge >= 0.3 is 18.1 Å². The van der Waals surface area contributed by atoms with E-state index in [1.165, 1.54) is 24.3 Å². The fourth-order valence-electron chi connectivity index (χ4n) is 5.58. The van der Waals surface area contributed by atoms with E-state index in [9.17, 15) is 22.8 Å². The van der Waals surface area contributed by atoms with Crippen molar-refractivity contribution in [3.05, 3.63) is 65.5 Å². The van der Waals surface area contributed by atoms with Crippen LogP contribution in [-0.4, -0.2) is 40.6 Å². The quantitative estimate of drug-likeness (QED) is 0.329. The van der Waals surface area contributed by atoms with Gasteiger partial charge in [-0.05, 0) is 61.1 Å². The van der Waals surface area contributed by atoms with E-state index in [1.807, 2.05) is 5.32 Å². The molecule has 2 aromatic carbocycles. The number of carbonyl (C=O) groups excluding carboxylic acids is 2. The minimum Gasteiger partial charge on any atom is -0.438 e. The molecule has 0 unspecified atom stereocenters. The van der Waals surface area contributed by atoms with Crippen molar-refractivity contribution in [2.75, 3.05) is 6.54 Å². The summed E-state index contributed by atoms with van der Waals surface area (Å²) in [6, 6.07) is 8.04. The van der Waals surface area contributed by atoms with Crippen LogP contribution in [-0.2, 0) is 17.3 Å². The van der Waals surface area contributed by atoms with Gasteiger partial charge in [0.15, 0.2) is 5.58 Å². The first-order valence-electron chi connectivity index (χ1n) is 13.3. The maximum atomic E-state index is 15.1. The molecule has 3 fully saturated rings. The van der Waals surface area contributed by atoms with Gasteiger partial charge in [-0.1, -0.05) is 36.4 Å². The molecule has 2 heterocycles. The van der Waals surface area contributed by atoms with Crippen LogP contribution >= 0.6 is 0 Å². The molecule has 0 bridgehead atoms. The minimum absolute atomic E-state index is 0.0766. The average Bonchev–Trinajstić information content (AvgIpc) is 3.85. The van der Waals surface area contributed by atoms with Gasteiger partial charge in [-0.15, -0.1) is 0 Å². The highest BCUT2D eigenvalue weighted by Crippen LogP contribution is 2.54. The van der Waals surface area contributed by atoms with Crippen LogP contribution in [0.25, 0.3) is 11.1 Å². The smallest absolute Gasteiger partial charge is 0.410 e. The Bertz CT molecular complexity index is 1410. The van der Waals surface area contributed by atoms with Gasteiger partial charge in [0.1, 0.15) is 17.6 Å². The van der Waals surface area contributed by atoms with E-state index >= 15 is 8.78 Å². The summed E-state index contributed by atoms with van der Waals surface area (Å²) in [5, 5.41) is 4.50. The zero-order chi connectivity index (χ0) is 28.2. The number of benzene rings is 2. The van der Waals surface area contributed by atoms with Crippen LogP contribution in [0.15, 0.2) is 52.9 Å². The topological polar surface area (TPSA) is 87.5 Å². The fraction of sp³-hybridized carbons (Fsp3) is 0.464. The summed E-state index contributed by atoms with van der Waals surface area (Å²) in [4.78, 5) is 30.7. The number of aromatic nitrogens is 1. The molecule has 1 aliphatic heterocycles. The number of oxazole rings is 1. The van der Waals surface area contributed by atoms with Crippen molar-refractivity contribution < 1.29 is 36.0 Å². The number of nitrogens with zero attached hydrogens (tertiary/aromatic N) is 2. The second-order valence-electron chi connectivity index (χ2n) is 10.9. The summed E-state index contributed by atoms with van der Waals surface area (Å²) in [6.45, 7) is -0.592. The summed E-state index contributed by atoms with van der Waals surface area (Å²) >= 11 is 0. The Morgan fingerprint density at radius 1 is 1.05 bits per heavy atom. The van der Waals surface area contributed by atoms with E-state index in [-0.39, 0.29) is 30.2 Å². The number of urea groups is 1. The molecular formula is C28H27F5N4O3. The van der Waals surface area contributed by atoms with Crippen LogP contribution in [0, 0.1) is 17.8 Å². The van der Waals surface area contributed by atoms with Crippen LogP contribution in [0.1, 0.15) is 48.7 Å². The van der Waals surface area contributed by atoms with E-state index in [0.29, 0.717) is 16.7 Å². The summed E-state index contributed by atoms with van der Waals surface area (Å²) in [6.07, 6.45) is -0.812. The molecule has 2 saturated carbocycles. The number of rotatable bonds is 9. The standard InChI is InChI=1S/C28H27F5N4O3/c29-27(30,18-4-2-1-3-5-18)25(38)36-23(22(16-7-8-16)17-9-10-17)24-34-19-12-15(6-11-20(19)40-24)13-37-14-21(28(31,32)33)35-26(37)39/h1-6,11-12,16-17,21-23H,7-10,13-14H2,(H,35,39)(H,36,38)/t21-,23-/m0/s1. The SMILES string of the molecule is O=C1N[C@H](C(F)(F)F)CN1Cc1ccc2oc([C@@H](NC(=O)C(F)(F)c3ccccc3)C(C3CC3)C3CC3)nc2c1. The van der Waals surface area contributed by atoms with Crippen molar-refractivity contribution in [2.24, 2.45) is 17.8 Å². The largest absolute Gasteiger partial charge is 0.438 e. The average molecular weight is 563 g/mol. The van der Waals surface area contributed by atoms with E-state index in [1.54, 1.807) is 24.3 Å². The van der Waals surface area contributed by atoms with E-state index < -0.39 is 48.2 Å². The van der Waals surface area contributed by atoms with Crippen LogP contribution in [0.5, 0.6) is 0 Å². The molecule has 3 aromatic rings. The highest BCUT2D eigenvalue weighted by molar-refractivity contribution is 5.85. The number of alkyl halides is 5. The Hall–Kier alpha value is -3.70. The summed E-state index contributed by atoms with van der Waals surface area (Å²) in [5.74, 6) is -4.65. The molecular weight excluding hydrogens is 535 g/mol. The van der Waals surface area contributed by atoms with Gasteiger partial charge in [-0.2, -0.15) is 22.0 Å². The molecule has 0 spiro atoms. The Balaban J connectivity index is 1.26. The summed E-state index contributed by atoms with van der Waals surface area (Å²) in [5.41, 5.74) is 0.820. The first kappa shape index (κ1) is 26.5. The normalized spacial score (nSPS) is 20.7. The number of nitrogens with one attached hydrogen (secondary N) is 2. The lowest BCUT2D eigenvalue weighted by Gasteiger charge is -2.27. The molecule has 3 amide bonds. The molecule has 40 heavy (non-hydrogen) atoms. The van der Waals surface area contributed by atoms with Gasteiger partial charge in [0.05, 0.1) is 6.54 Å². The fourth-order valence-corrected chi connectivity index (χ4v) is 5.58. The minimum atomic E-state index is -4.55. The molecule has 212 valence electrons. The zero-order valence-corrected chi connectivity index (χ0v) is 21.3. The van der Waals surface area contributed by atoms with Crippen LogP contribution < -0.4 is 10.6 Å². The molecule has 1 saturated heterocycles. The monoisotopic (exact) mass is 562 g/mol. The van der Waals surface area contributed by atoms with Crippen molar-refractivity contribution in [1.82, 2.24) is 20.5 Å². The molecule has 1 aromatic heterocycles. The van der Waals surface area contributed by atoms with Gasteiger partial charge in [0.25, 0.3) is 5.91 Å². The number of hydrogen-bond acceptors (Lipinski definition) is 4. The predicted octanol–water partition coefficient (Wildman–Crippen LogP) is 5.67. The third-order valence-corrected chi connectivity index (χ3v) is 7.92. The Labute approximate surface area is 226 Å². The third-order valence-electron chi connectivity index (χ3n) is 7.92. The lowest BCUT2D eigenvalue weighted by Crippen LogP contribution is -2.43. The second-order valence-corrected chi connectivity index (χ2v) is 10.9. The van der Waals surface area contributed by atoms with Gasteiger partial charge in [-0.3, -0.25) is 4.79 Å². The Morgan fingerprint density at radius 3 is 2.33 bits per heavy atom. The van der Waals surface area contributed by atoms with Crippen molar-refractivity contribution >= 4 is 23.0 Å². The van der Waals surface area contributed by atoms with Crippen LogP contribution in [0.3, 0.4) is 0 Å². The molecule has 2 N–H and O–H groups in total. The highest BCUT2D eigenvalue weighted by Gasteiger charge is 2.51. The molecule has 2 atom stereocenters. The Morgan fingerprint density at radius 2 is 1.73 bits per heavy atom. The van der Waals surface area contributed by atoms with E-state index in [4.69, 9.17) is 4.42 Å². The first-order valence-corrected chi connectivity index (χ1v) is 13.3. The lowest BCUT2D eigenvalue weighted by atomic mass is 9.89. The number of halogens is 5. The predicted molar refractivity (Wildman–Crippen MR) is 133 cm³/mol. The highest BCUT2D eigenvalue weighted by atomic mass is 19.4. The third kappa shape index (κ3) is 5.23. The van der Waals surface area contributed by atoms with Crippen LogP contribution in [0.4, 0.5) is 26.7 Å². The first-order chi connectivity index (χ1) is 19.0. The maximum Gasteiger partial charge on any atom is 0.410 e. The molecule has 6 rings (SSSR count). The lowest BCUT2D eigenvalue weighted by molar-refractivity contribution is -0.150. The van der Waals surface area contributed by atoms with Crippen LogP contribution in [0.2, 0.25) is 0 Å². The van der Waals surface area contributed by atoms with Gasteiger partial charge in [0.2, 0.25) is 5.89 Å². The molecule has 12 heteroatoms. The van der Waals surface area contributed by atoms with Crippen molar-refractivity contribution in [1.29, 1.82) is 0 Å². The van der Waals surface area contributed by atoms with Gasteiger partial charge in [0, 0.05) is 12.1 Å². The van der Waals surface area contributed by atoms with E-state index in [2.05, 4.69) is 10.3 Å². The molecule has 3 aliphatic rings.